The lowest BCUT2D eigenvalue weighted by Gasteiger charge is -2.26. The Hall–Kier alpha value is -6.90. The number of benzene rings is 9. The van der Waals surface area contributed by atoms with Crippen molar-refractivity contribution in [2.24, 2.45) is 0 Å². The summed E-state index contributed by atoms with van der Waals surface area (Å²) in [6.07, 6.45) is 0. The molecule has 9 aromatic carbocycles. The molecule has 0 saturated carbocycles. The van der Waals surface area contributed by atoms with E-state index < -0.39 is 0 Å². The largest absolute Gasteiger partial charge is 0.456 e. The average molecular weight is 664 g/mol. The van der Waals surface area contributed by atoms with Crippen molar-refractivity contribution in [1.82, 2.24) is 0 Å². The zero-order valence-corrected chi connectivity index (χ0v) is 28.4. The minimum atomic E-state index is 0.874. The van der Waals surface area contributed by atoms with Gasteiger partial charge in [0.25, 0.3) is 0 Å². The minimum absolute atomic E-state index is 0.874. The van der Waals surface area contributed by atoms with E-state index in [1.165, 1.54) is 54.9 Å². The second-order valence-corrected chi connectivity index (χ2v) is 13.4. The Morgan fingerprint density at radius 2 is 0.712 bits per heavy atom. The molecular formula is C50H33NO. The van der Waals surface area contributed by atoms with E-state index in [1.807, 2.05) is 12.1 Å². The van der Waals surface area contributed by atoms with Gasteiger partial charge in [0.1, 0.15) is 11.2 Å². The molecule has 1 aromatic heterocycles. The standard InChI is InChI=1S/C50H33NO/c1-3-9-34(10-4-1)36-21-24-44(25-22-36)51(46-27-28-48-47-13-7-8-14-49(47)52-50(48)33-46)45-26-23-38-17-20-41(31-43(38)32-45)40-19-16-37-15-18-39(29-42(37)30-40)35-11-5-2-6-12-35/h1-33H. The van der Waals surface area contributed by atoms with Gasteiger partial charge in [-0.3, -0.25) is 0 Å². The zero-order chi connectivity index (χ0) is 34.4. The molecule has 0 N–H and O–H groups in total. The fraction of sp³-hybridized carbons (Fsp3) is 0. The first-order valence-electron chi connectivity index (χ1n) is 17.7. The molecule has 0 amide bonds. The summed E-state index contributed by atoms with van der Waals surface area (Å²) >= 11 is 0. The van der Waals surface area contributed by atoms with E-state index in [-0.39, 0.29) is 0 Å². The van der Waals surface area contributed by atoms with Crippen LogP contribution in [0.1, 0.15) is 0 Å². The molecule has 52 heavy (non-hydrogen) atoms. The molecule has 0 saturated heterocycles. The maximum Gasteiger partial charge on any atom is 0.137 e. The Balaban J connectivity index is 1.08. The SMILES string of the molecule is c1ccc(-c2ccc(N(c3ccc4ccc(-c5ccc6ccc(-c7ccccc7)cc6c5)cc4c3)c3ccc4c(c3)oc3ccccc34)cc2)cc1. The van der Waals surface area contributed by atoms with E-state index >= 15 is 0 Å². The number of anilines is 3. The molecule has 244 valence electrons. The normalized spacial score (nSPS) is 11.5. The van der Waals surface area contributed by atoms with Crippen LogP contribution in [0, 0.1) is 0 Å². The van der Waals surface area contributed by atoms with Crippen LogP contribution in [0.25, 0.3) is 76.9 Å². The number of hydrogen-bond acceptors (Lipinski definition) is 2. The third-order valence-corrected chi connectivity index (χ3v) is 10.2. The highest BCUT2D eigenvalue weighted by Gasteiger charge is 2.17. The third-order valence-electron chi connectivity index (χ3n) is 10.2. The van der Waals surface area contributed by atoms with Gasteiger partial charge in [0.2, 0.25) is 0 Å². The van der Waals surface area contributed by atoms with E-state index in [4.69, 9.17) is 4.42 Å². The molecule has 0 fully saturated rings. The van der Waals surface area contributed by atoms with Gasteiger partial charge in [0.15, 0.2) is 0 Å². The van der Waals surface area contributed by atoms with Crippen LogP contribution in [0.2, 0.25) is 0 Å². The molecule has 1 heterocycles. The van der Waals surface area contributed by atoms with Crippen LogP contribution in [0.3, 0.4) is 0 Å². The van der Waals surface area contributed by atoms with Crippen LogP contribution in [-0.4, -0.2) is 0 Å². The van der Waals surface area contributed by atoms with Gasteiger partial charge in [-0.1, -0.05) is 133 Å². The fourth-order valence-electron chi connectivity index (χ4n) is 7.52. The molecule has 0 spiro atoms. The molecule has 2 heteroatoms. The fourth-order valence-corrected chi connectivity index (χ4v) is 7.52. The third kappa shape index (κ3) is 5.39. The second-order valence-electron chi connectivity index (χ2n) is 13.4. The Bertz CT molecular complexity index is 2890. The first kappa shape index (κ1) is 30.0. The van der Waals surface area contributed by atoms with Crippen LogP contribution in [0.4, 0.5) is 17.1 Å². The smallest absolute Gasteiger partial charge is 0.137 e. The first-order chi connectivity index (χ1) is 25.7. The monoisotopic (exact) mass is 663 g/mol. The van der Waals surface area contributed by atoms with Gasteiger partial charge in [-0.15, -0.1) is 0 Å². The van der Waals surface area contributed by atoms with Crippen molar-refractivity contribution in [1.29, 1.82) is 0 Å². The lowest BCUT2D eigenvalue weighted by Crippen LogP contribution is -2.09. The topological polar surface area (TPSA) is 16.4 Å². The van der Waals surface area contributed by atoms with Crippen LogP contribution >= 0.6 is 0 Å². The Morgan fingerprint density at radius 3 is 1.38 bits per heavy atom. The van der Waals surface area contributed by atoms with Crippen LogP contribution in [0.15, 0.2) is 205 Å². The summed E-state index contributed by atoms with van der Waals surface area (Å²) in [6.45, 7) is 0. The number of hydrogen-bond donors (Lipinski definition) is 0. The number of rotatable bonds is 6. The van der Waals surface area contributed by atoms with Crippen molar-refractivity contribution in [3.63, 3.8) is 0 Å². The van der Waals surface area contributed by atoms with Gasteiger partial charge in [0.05, 0.1) is 0 Å². The molecule has 0 aliphatic rings. The predicted octanol–water partition coefficient (Wildman–Crippen LogP) is 14.4. The van der Waals surface area contributed by atoms with E-state index in [0.29, 0.717) is 0 Å². The van der Waals surface area contributed by atoms with Crippen molar-refractivity contribution >= 4 is 60.5 Å². The van der Waals surface area contributed by atoms with Crippen molar-refractivity contribution in [2.45, 2.75) is 0 Å². The number of nitrogens with zero attached hydrogens (tertiary/aromatic N) is 1. The van der Waals surface area contributed by atoms with Gasteiger partial charge in [-0.2, -0.15) is 0 Å². The number of furan rings is 1. The molecule has 0 aliphatic carbocycles. The summed E-state index contributed by atoms with van der Waals surface area (Å²) in [5, 5.41) is 7.11. The molecule has 0 aliphatic heterocycles. The Labute approximate surface area is 302 Å². The molecule has 0 atom stereocenters. The van der Waals surface area contributed by atoms with Crippen LogP contribution < -0.4 is 4.90 Å². The highest BCUT2D eigenvalue weighted by atomic mass is 16.3. The Morgan fingerprint density at radius 1 is 0.269 bits per heavy atom. The van der Waals surface area contributed by atoms with Crippen molar-refractivity contribution in [3.05, 3.63) is 200 Å². The van der Waals surface area contributed by atoms with Gasteiger partial charge >= 0.3 is 0 Å². The summed E-state index contributed by atoms with van der Waals surface area (Å²) in [6, 6.07) is 71.8. The summed E-state index contributed by atoms with van der Waals surface area (Å²) in [4.78, 5) is 2.33. The lowest BCUT2D eigenvalue weighted by molar-refractivity contribution is 0.669. The predicted molar refractivity (Wildman–Crippen MR) is 220 cm³/mol. The van der Waals surface area contributed by atoms with Crippen molar-refractivity contribution in [3.8, 4) is 33.4 Å². The zero-order valence-electron chi connectivity index (χ0n) is 28.4. The molecule has 10 aromatic rings. The summed E-state index contributed by atoms with van der Waals surface area (Å²) in [5.74, 6) is 0. The van der Waals surface area contributed by atoms with E-state index in [9.17, 15) is 0 Å². The number of para-hydroxylation sites is 1. The lowest BCUT2D eigenvalue weighted by atomic mass is 9.96. The molecular weight excluding hydrogens is 631 g/mol. The van der Waals surface area contributed by atoms with Gasteiger partial charge in [-0.25, -0.2) is 0 Å². The second kappa shape index (κ2) is 12.5. The first-order valence-corrected chi connectivity index (χ1v) is 17.7. The van der Waals surface area contributed by atoms with Gasteiger partial charge in [0, 0.05) is 33.9 Å². The molecule has 0 bridgehead atoms. The summed E-state index contributed by atoms with van der Waals surface area (Å²) < 4.78 is 6.36. The maximum absolute atomic E-state index is 6.36. The van der Waals surface area contributed by atoms with Crippen molar-refractivity contribution in [2.75, 3.05) is 4.90 Å². The molecule has 2 nitrogen and oxygen atoms in total. The van der Waals surface area contributed by atoms with E-state index in [2.05, 4.69) is 193 Å². The summed E-state index contributed by atoms with van der Waals surface area (Å²) in [7, 11) is 0. The van der Waals surface area contributed by atoms with Gasteiger partial charge < -0.3 is 9.32 Å². The quantitative estimate of drug-likeness (QED) is 0.176. The maximum atomic E-state index is 6.36. The average Bonchev–Trinajstić information content (AvgIpc) is 3.59. The Kier molecular flexibility index (Phi) is 7.18. The molecule has 0 radical (unpaired) electrons. The van der Waals surface area contributed by atoms with E-state index in [1.54, 1.807) is 0 Å². The van der Waals surface area contributed by atoms with Crippen LogP contribution in [0.5, 0.6) is 0 Å². The van der Waals surface area contributed by atoms with Gasteiger partial charge in [-0.05, 0) is 116 Å². The highest BCUT2D eigenvalue weighted by Crippen LogP contribution is 2.40. The summed E-state index contributed by atoms with van der Waals surface area (Å²) in [5.41, 5.74) is 12.2. The molecule has 0 unspecified atom stereocenters. The highest BCUT2D eigenvalue weighted by molar-refractivity contribution is 6.06. The number of fused-ring (bicyclic) bond motifs is 5. The minimum Gasteiger partial charge on any atom is -0.456 e. The van der Waals surface area contributed by atoms with Crippen LogP contribution in [-0.2, 0) is 0 Å². The van der Waals surface area contributed by atoms with E-state index in [0.717, 1.165) is 39.0 Å². The van der Waals surface area contributed by atoms with Crippen molar-refractivity contribution < 1.29 is 4.42 Å². The molecule has 10 rings (SSSR count).